The van der Waals surface area contributed by atoms with Crippen LogP contribution < -0.4 is 10.6 Å². The first-order valence-electron chi connectivity index (χ1n) is 6.42. The van der Waals surface area contributed by atoms with Gasteiger partial charge in [-0.05, 0) is 36.2 Å². The zero-order chi connectivity index (χ0) is 14.5. The number of amides is 1. The van der Waals surface area contributed by atoms with Crippen LogP contribution in [0.3, 0.4) is 0 Å². The van der Waals surface area contributed by atoms with Crippen molar-refractivity contribution in [3.63, 3.8) is 0 Å². The van der Waals surface area contributed by atoms with Gasteiger partial charge >= 0.3 is 0 Å². The van der Waals surface area contributed by atoms with Crippen LogP contribution in [0.4, 0.5) is 15.8 Å². The Morgan fingerprint density at radius 2 is 1.95 bits per heavy atom. The fraction of sp³-hybridized carbons (Fsp3) is 0.188. The number of rotatable bonds is 4. The van der Waals surface area contributed by atoms with Gasteiger partial charge in [0.1, 0.15) is 5.82 Å². The van der Waals surface area contributed by atoms with Crippen LogP contribution in [0.15, 0.2) is 42.5 Å². The van der Waals surface area contributed by atoms with Gasteiger partial charge in [-0.25, -0.2) is 4.39 Å². The highest BCUT2D eigenvalue weighted by Crippen LogP contribution is 2.18. The second kappa shape index (κ2) is 6.19. The summed E-state index contributed by atoms with van der Waals surface area (Å²) >= 11 is 0. The molecule has 0 saturated heterocycles. The summed E-state index contributed by atoms with van der Waals surface area (Å²) in [6.45, 7) is 3.71. The van der Waals surface area contributed by atoms with E-state index < -0.39 is 0 Å². The third kappa shape index (κ3) is 3.57. The number of carbonyl (C=O) groups is 1. The van der Waals surface area contributed by atoms with Crippen molar-refractivity contribution in [3.8, 4) is 0 Å². The van der Waals surface area contributed by atoms with E-state index in [1.165, 1.54) is 13.0 Å². The third-order valence-corrected chi connectivity index (χ3v) is 2.98. The van der Waals surface area contributed by atoms with Gasteiger partial charge in [-0.3, -0.25) is 4.79 Å². The van der Waals surface area contributed by atoms with Crippen molar-refractivity contribution in [2.24, 2.45) is 0 Å². The van der Waals surface area contributed by atoms with E-state index in [0.717, 1.165) is 11.3 Å². The summed E-state index contributed by atoms with van der Waals surface area (Å²) < 4.78 is 13.5. The number of benzene rings is 2. The van der Waals surface area contributed by atoms with Gasteiger partial charge in [-0.15, -0.1) is 0 Å². The molecule has 20 heavy (non-hydrogen) atoms. The lowest BCUT2D eigenvalue weighted by atomic mass is 10.1. The molecule has 0 unspecified atom stereocenters. The van der Waals surface area contributed by atoms with Gasteiger partial charge in [0.15, 0.2) is 0 Å². The summed E-state index contributed by atoms with van der Waals surface area (Å²) in [5.74, 6) is -0.344. The van der Waals surface area contributed by atoms with Gasteiger partial charge < -0.3 is 10.6 Å². The lowest BCUT2D eigenvalue weighted by Gasteiger charge is -2.12. The van der Waals surface area contributed by atoms with Crippen molar-refractivity contribution in [1.29, 1.82) is 0 Å². The van der Waals surface area contributed by atoms with Gasteiger partial charge in [-0.1, -0.05) is 24.3 Å². The summed E-state index contributed by atoms with van der Waals surface area (Å²) in [7, 11) is 0. The normalized spacial score (nSPS) is 10.2. The predicted molar refractivity (Wildman–Crippen MR) is 79.2 cm³/mol. The Balaban J connectivity index is 2.10. The van der Waals surface area contributed by atoms with E-state index >= 15 is 0 Å². The molecule has 0 spiro atoms. The van der Waals surface area contributed by atoms with Crippen molar-refractivity contribution in [2.75, 3.05) is 10.6 Å². The van der Waals surface area contributed by atoms with Crippen molar-refractivity contribution in [1.82, 2.24) is 0 Å². The summed E-state index contributed by atoms with van der Waals surface area (Å²) in [5.41, 5.74) is 3.05. The molecule has 2 aromatic carbocycles. The first kappa shape index (κ1) is 14.1. The Kier molecular flexibility index (Phi) is 4.35. The van der Waals surface area contributed by atoms with Crippen LogP contribution >= 0.6 is 0 Å². The van der Waals surface area contributed by atoms with E-state index in [0.29, 0.717) is 17.8 Å². The number of carbonyl (C=O) groups excluding carboxylic acids is 1. The lowest BCUT2D eigenvalue weighted by Crippen LogP contribution is -2.10. The molecule has 0 aliphatic heterocycles. The van der Waals surface area contributed by atoms with Crippen LogP contribution in [-0.2, 0) is 11.3 Å². The SMILES string of the molecule is CC(=O)Nc1ccccc1CNc1ccc(C)c(F)c1. The molecule has 4 heteroatoms. The number of anilines is 2. The number of halogens is 1. The van der Waals surface area contributed by atoms with Crippen LogP contribution in [0, 0.1) is 12.7 Å². The third-order valence-electron chi connectivity index (χ3n) is 2.98. The number of hydrogen-bond donors (Lipinski definition) is 2. The van der Waals surface area contributed by atoms with E-state index in [1.807, 2.05) is 30.3 Å². The van der Waals surface area contributed by atoms with Gasteiger partial charge in [-0.2, -0.15) is 0 Å². The molecule has 0 fully saturated rings. The van der Waals surface area contributed by atoms with Gasteiger partial charge in [0.25, 0.3) is 0 Å². The number of hydrogen-bond acceptors (Lipinski definition) is 2. The van der Waals surface area contributed by atoms with Gasteiger partial charge in [0.05, 0.1) is 0 Å². The van der Waals surface area contributed by atoms with Crippen molar-refractivity contribution < 1.29 is 9.18 Å². The molecule has 2 rings (SSSR count). The van der Waals surface area contributed by atoms with Crippen LogP contribution in [-0.4, -0.2) is 5.91 Å². The fourth-order valence-corrected chi connectivity index (χ4v) is 1.89. The van der Waals surface area contributed by atoms with Crippen LogP contribution in [0.25, 0.3) is 0 Å². The van der Waals surface area contributed by atoms with Crippen LogP contribution in [0.2, 0.25) is 0 Å². The smallest absolute Gasteiger partial charge is 0.221 e. The first-order chi connectivity index (χ1) is 9.56. The molecule has 104 valence electrons. The molecule has 2 N–H and O–H groups in total. The average molecular weight is 272 g/mol. The zero-order valence-corrected chi connectivity index (χ0v) is 11.5. The topological polar surface area (TPSA) is 41.1 Å². The van der Waals surface area contributed by atoms with E-state index in [1.54, 1.807) is 13.0 Å². The molecule has 0 aromatic heterocycles. The second-order valence-electron chi connectivity index (χ2n) is 4.66. The molecule has 1 amide bonds. The Morgan fingerprint density at radius 3 is 2.65 bits per heavy atom. The monoisotopic (exact) mass is 272 g/mol. The quantitative estimate of drug-likeness (QED) is 0.891. The molecule has 0 aliphatic carbocycles. The molecule has 0 bridgehead atoms. The van der Waals surface area contributed by atoms with Crippen molar-refractivity contribution >= 4 is 17.3 Å². The van der Waals surface area contributed by atoms with E-state index in [-0.39, 0.29) is 11.7 Å². The fourth-order valence-electron chi connectivity index (χ4n) is 1.89. The Morgan fingerprint density at radius 1 is 1.20 bits per heavy atom. The number of para-hydroxylation sites is 1. The minimum atomic E-state index is -0.231. The molecule has 2 aromatic rings. The highest BCUT2D eigenvalue weighted by molar-refractivity contribution is 5.89. The summed E-state index contributed by atoms with van der Waals surface area (Å²) in [6.07, 6.45) is 0. The molecular weight excluding hydrogens is 255 g/mol. The predicted octanol–water partition coefficient (Wildman–Crippen LogP) is 3.70. The molecule has 0 saturated carbocycles. The maximum atomic E-state index is 13.5. The summed E-state index contributed by atoms with van der Waals surface area (Å²) in [5, 5.41) is 5.93. The maximum Gasteiger partial charge on any atom is 0.221 e. The maximum absolute atomic E-state index is 13.5. The molecule has 0 radical (unpaired) electrons. The minimum absolute atomic E-state index is 0.112. The number of aryl methyl sites for hydroxylation is 1. The highest BCUT2D eigenvalue weighted by atomic mass is 19.1. The largest absolute Gasteiger partial charge is 0.381 e. The molecule has 0 heterocycles. The molecule has 3 nitrogen and oxygen atoms in total. The minimum Gasteiger partial charge on any atom is -0.381 e. The standard InChI is InChI=1S/C16H17FN2O/c1-11-7-8-14(9-15(11)17)18-10-13-5-3-4-6-16(13)19-12(2)20/h3-9,18H,10H2,1-2H3,(H,19,20). The lowest BCUT2D eigenvalue weighted by molar-refractivity contribution is -0.114. The number of nitrogens with one attached hydrogen (secondary N) is 2. The van der Waals surface area contributed by atoms with Crippen molar-refractivity contribution in [2.45, 2.75) is 20.4 Å². The molecule has 0 aliphatic rings. The van der Waals surface area contributed by atoms with E-state index in [9.17, 15) is 9.18 Å². The highest BCUT2D eigenvalue weighted by Gasteiger charge is 2.04. The first-order valence-corrected chi connectivity index (χ1v) is 6.42. The Bertz CT molecular complexity index is 626. The van der Waals surface area contributed by atoms with Gasteiger partial charge in [0, 0.05) is 24.8 Å². The molecule has 0 atom stereocenters. The second-order valence-corrected chi connectivity index (χ2v) is 4.66. The molecular formula is C16H17FN2O. The van der Waals surface area contributed by atoms with Crippen LogP contribution in [0.5, 0.6) is 0 Å². The van der Waals surface area contributed by atoms with Gasteiger partial charge in [0.2, 0.25) is 5.91 Å². The summed E-state index contributed by atoms with van der Waals surface area (Å²) in [4.78, 5) is 11.1. The average Bonchev–Trinajstić information content (AvgIpc) is 2.41. The Hall–Kier alpha value is -2.36. The summed E-state index contributed by atoms with van der Waals surface area (Å²) in [6, 6.07) is 12.6. The van der Waals surface area contributed by atoms with Crippen molar-refractivity contribution in [3.05, 3.63) is 59.4 Å². The van der Waals surface area contributed by atoms with E-state index in [2.05, 4.69) is 10.6 Å². The zero-order valence-electron chi connectivity index (χ0n) is 11.5. The van der Waals surface area contributed by atoms with Crippen LogP contribution in [0.1, 0.15) is 18.1 Å². The Labute approximate surface area is 117 Å². The van der Waals surface area contributed by atoms with E-state index in [4.69, 9.17) is 0 Å².